The molecule has 0 aliphatic rings. The van der Waals surface area contributed by atoms with Crippen LogP contribution in [0.5, 0.6) is 0 Å². The summed E-state index contributed by atoms with van der Waals surface area (Å²) in [6, 6.07) is 4.21. The van der Waals surface area contributed by atoms with Crippen molar-refractivity contribution in [3.8, 4) is 0 Å². The molecule has 0 fully saturated rings. The second-order valence-electron chi connectivity index (χ2n) is 3.22. The van der Waals surface area contributed by atoms with Crippen LogP contribution in [-0.4, -0.2) is 18.6 Å². The summed E-state index contributed by atoms with van der Waals surface area (Å²) in [6.07, 6.45) is 2.77. The number of aromatic nitrogens is 2. The van der Waals surface area contributed by atoms with Crippen LogP contribution >= 0.6 is 0 Å². The fourth-order valence-corrected chi connectivity index (χ4v) is 2.19. The van der Waals surface area contributed by atoms with Crippen LogP contribution in [-0.2, 0) is 16.6 Å². The zero-order valence-corrected chi connectivity index (χ0v) is 9.52. The summed E-state index contributed by atoms with van der Waals surface area (Å²) in [5.41, 5.74) is 5.41. The van der Waals surface area contributed by atoms with Crippen molar-refractivity contribution in [3.05, 3.63) is 36.4 Å². The van der Waals surface area contributed by atoms with Gasteiger partial charge in [0.05, 0.1) is 17.6 Å². The Kier molecular flexibility index (Phi) is 3.07. The lowest BCUT2D eigenvalue weighted by molar-refractivity contribution is 0.380. The number of nitrogens with two attached hydrogens (primary N) is 1. The third-order valence-corrected chi connectivity index (χ3v) is 3.39. The number of sulfonamides is 1. The van der Waals surface area contributed by atoms with Gasteiger partial charge in [-0.15, -0.1) is 0 Å². The molecule has 0 amide bonds. The Hall–Kier alpha value is -1.93. The van der Waals surface area contributed by atoms with Crippen LogP contribution in [0, 0.1) is 0 Å². The molecule has 0 aliphatic carbocycles. The highest BCUT2D eigenvalue weighted by Gasteiger charge is 2.14. The van der Waals surface area contributed by atoms with Gasteiger partial charge in [0, 0.05) is 18.3 Å². The van der Waals surface area contributed by atoms with Crippen LogP contribution in [0.15, 0.2) is 40.0 Å². The van der Waals surface area contributed by atoms with Gasteiger partial charge in [0.25, 0.3) is 0 Å². The standard InChI is InChI=1S/C9H10N4O3S/c10-9-5-8(2-3-11-9)17(14,15)13-6-7-1-4-12-16-7/h1-5,13H,6H2,(H2,10,11). The summed E-state index contributed by atoms with van der Waals surface area (Å²) in [5.74, 6) is 0.572. The van der Waals surface area contributed by atoms with Gasteiger partial charge >= 0.3 is 0 Å². The lowest BCUT2D eigenvalue weighted by Crippen LogP contribution is -2.23. The zero-order chi connectivity index (χ0) is 12.3. The first-order valence-electron chi connectivity index (χ1n) is 4.69. The second-order valence-corrected chi connectivity index (χ2v) is 4.99. The number of rotatable bonds is 4. The van der Waals surface area contributed by atoms with E-state index >= 15 is 0 Å². The van der Waals surface area contributed by atoms with Crippen molar-refractivity contribution in [2.24, 2.45) is 0 Å². The number of nitrogen functional groups attached to an aromatic ring is 1. The van der Waals surface area contributed by atoms with Crippen LogP contribution in [0.3, 0.4) is 0 Å². The third kappa shape index (κ3) is 2.80. The summed E-state index contributed by atoms with van der Waals surface area (Å²) in [5, 5.41) is 3.47. The first-order valence-corrected chi connectivity index (χ1v) is 6.17. The molecule has 2 aromatic rings. The molecular weight excluding hydrogens is 244 g/mol. The molecule has 7 nitrogen and oxygen atoms in total. The van der Waals surface area contributed by atoms with E-state index in [0.717, 1.165) is 0 Å². The Labute approximate surface area is 97.7 Å². The number of pyridine rings is 1. The third-order valence-electron chi connectivity index (χ3n) is 1.99. The molecule has 0 spiro atoms. The SMILES string of the molecule is Nc1cc(S(=O)(=O)NCc2ccno2)ccn1. The number of hydrogen-bond donors (Lipinski definition) is 2. The van der Waals surface area contributed by atoms with E-state index in [-0.39, 0.29) is 17.3 Å². The highest BCUT2D eigenvalue weighted by molar-refractivity contribution is 7.89. The van der Waals surface area contributed by atoms with Crippen LogP contribution in [0.25, 0.3) is 0 Å². The van der Waals surface area contributed by atoms with E-state index in [2.05, 4.69) is 14.9 Å². The maximum absolute atomic E-state index is 11.8. The monoisotopic (exact) mass is 254 g/mol. The second kappa shape index (κ2) is 4.52. The van der Waals surface area contributed by atoms with E-state index in [0.29, 0.717) is 5.76 Å². The lowest BCUT2D eigenvalue weighted by Gasteiger charge is -2.04. The molecule has 0 saturated carbocycles. The first kappa shape index (κ1) is 11.6. The number of nitrogens with one attached hydrogen (secondary N) is 1. The topological polar surface area (TPSA) is 111 Å². The first-order chi connectivity index (χ1) is 8.08. The van der Waals surface area contributed by atoms with Crippen LogP contribution in [0.1, 0.15) is 5.76 Å². The molecule has 90 valence electrons. The molecule has 17 heavy (non-hydrogen) atoms. The van der Waals surface area contributed by atoms with E-state index in [1.165, 1.54) is 24.5 Å². The molecule has 0 aromatic carbocycles. The molecule has 0 radical (unpaired) electrons. The van der Waals surface area contributed by atoms with E-state index in [9.17, 15) is 8.42 Å². The minimum atomic E-state index is -3.62. The lowest BCUT2D eigenvalue weighted by atomic mass is 10.5. The summed E-state index contributed by atoms with van der Waals surface area (Å²) >= 11 is 0. The van der Waals surface area contributed by atoms with E-state index in [1.54, 1.807) is 6.07 Å². The molecule has 8 heteroatoms. The van der Waals surface area contributed by atoms with E-state index in [4.69, 9.17) is 10.3 Å². The Morgan fingerprint density at radius 2 is 2.18 bits per heavy atom. The average molecular weight is 254 g/mol. The molecular formula is C9H10N4O3S. The van der Waals surface area contributed by atoms with E-state index < -0.39 is 10.0 Å². The number of nitrogens with zero attached hydrogens (tertiary/aromatic N) is 2. The van der Waals surface area contributed by atoms with Gasteiger partial charge in [-0.25, -0.2) is 18.1 Å². The van der Waals surface area contributed by atoms with Crippen LogP contribution in [0.4, 0.5) is 5.82 Å². The summed E-state index contributed by atoms with van der Waals surface area (Å²) in [7, 11) is -3.62. The van der Waals surface area contributed by atoms with Gasteiger partial charge in [0.15, 0.2) is 5.76 Å². The van der Waals surface area contributed by atoms with Crippen molar-refractivity contribution in [1.82, 2.24) is 14.9 Å². The number of hydrogen-bond acceptors (Lipinski definition) is 6. The van der Waals surface area contributed by atoms with Crippen molar-refractivity contribution in [1.29, 1.82) is 0 Å². The molecule has 2 aromatic heterocycles. The van der Waals surface area contributed by atoms with Crippen LogP contribution in [0.2, 0.25) is 0 Å². The van der Waals surface area contributed by atoms with Gasteiger partial charge in [-0.2, -0.15) is 0 Å². The Morgan fingerprint density at radius 3 is 2.82 bits per heavy atom. The van der Waals surface area contributed by atoms with Gasteiger partial charge in [-0.3, -0.25) is 0 Å². The fraction of sp³-hybridized carbons (Fsp3) is 0.111. The summed E-state index contributed by atoms with van der Waals surface area (Å²) in [6.45, 7) is 0.0323. The van der Waals surface area contributed by atoms with Gasteiger partial charge in [0.1, 0.15) is 5.82 Å². The minimum absolute atomic E-state index is 0.0323. The normalized spacial score (nSPS) is 11.5. The molecule has 3 N–H and O–H groups in total. The molecule has 0 aliphatic heterocycles. The zero-order valence-electron chi connectivity index (χ0n) is 8.70. The Balaban J connectivity index is 2.14. The average Bonchev–Trinajstić information content (AvgIpc) is 2.79. The Bertz CT molecular complexity index is 594. The molecule has 2 heterocycles. The maximum atomic E-state index is 11.8. The maximum Gasteiger partial charge on any atom is 0.241 e. The van der Waals surface area contributed by atoms with Crippen molar-refractivity contribution in [3.63, 3.8) is 0 Å². The smallest absolute Gasteiger partial charge is 0.241 e. The van der Waals surface area contributed by atoms with Crippen molar-refractivity contribution >= 4 is 15.8 Å². The van der Waals surface area contributed by atoms with Gasteiger partial charge in [0.2, 0.25) is 10.0 Å². The predicted molar refractivity (Wildman–Crippen MR) is 59.2 cm³/mol. The molecule has 2 rings (SSSR count). The summed E-state index contributed by atoms with van der Waals surface area (Å²) < 4.78 is 30.8. The van der Waals surface area contributed by atoms with Crippen molar-refractivity contribution < 1.29 is 12.9 Å². The Morgan fingerprint density at radius 1 is 1.35 bits per heavy atom. The predicted octanol–water partition coefficient (Wildman–Crippen LogP) is 0.130. The molecule has 0 atom stereocenters. The minimum Gasteiger partial charge on any atom is -0.384 e. The summed E-state index contributed by atoms with van der Waals surface area (Å²) in [4.78, 5) is 3.78. The van der Waals surface area contributed by atoms with Crippen LogP contribution < -0.4 is 10.5 Å². The fourth-order valence-electron chi connectivity index (χ4n) is 1.18. The quantitative estimate of drug-likeness (QED) is 0.802. The van der Waals surface area contributed by atoms with Crippen molar-refractivity contribution in [2.75, 3.05) is 5.73 Å². The van der Waals surface area contributed by atoms with Gasteiger partial charge < -0.3 is 10.3 Å². The van der Waals surface area contributed by atoms with Crippen molar-refractivity contribution in [2.45, 2.75) is 11.4 Å². The number of anilines is 1. The highest BCUT2D eigenvalue weighted by Crippen LogP contribution is 2.10. The highest BCUT2D eigenvalue weighted by atomic mass is 32.2. The van der Waals surface area contributed by atoms with Gasteiger partial charge in [-0.05, 0) is 6.07 Å². The molecule has 0 unspecified atom stereocenters. The largest absolute Gasteiger partial charge is 0.384 e. The molecule has 0 bridgehead atoms. The molecule has 0 saturated heterocycles. The van der Waals surface area contributed by atoms with E-state index in [1.807, 2.05) is 0 Å². The van der Waals surface area contributed by atoms with Gasteiger partial charge in [-0.1, -0.05) is 5.16 Å².